The van der Waals surface area contributed by atoms with E-state index in [0.717, 1.165) is 62.1 Å². The van der Waals surface area contributed by atoms with Crippen molar-refractivity contribution in [3.63, 3.8) is 0 Å². The van der Waals surface area contributed by atoms with Crippen LogP contribution < -0.4 is 15.1 Å². The standard InChI is InChI=1S/C25H34N4O3S/c1-27(2)21-10-8-20(9-11-21)19-26-25(30)23-18-22(12-13-24(23)28-14-6-7-15-28)33(31,32)29-16-4-3-5-17-29/h8-13,18H,3-7,14-17,19H2,1-2H3,(H,26,30). The van der Waals surface area contributed by atoms with Gasteiger partial charge in [0, 0.05) is 58.2 Å². The molecule has 0 unspecified atom stereocenters. The van der Waals surface area contributed by atoms with E-state index in [2.05, 4.69) is 10.2 Å². The molecule has 1 amide bonds. The van der Waals surface area contributed by atoms with Crippen LogP contribution in [0.25, 0.3) is 0 Å². The van der Waals surface area contributed by atoms with E-state index < -0.39 is 10.0 Å². The fourth-order valence-corrected chi connectivity index (χ4v) is 6.08. The quantitative estimate of drug-likeness (QED) is 0.671. The van der Waals surface area contributed by atoms with Crippen LogP contribution in [0.4, 0.5) is 11.4 Å². The molecule has 2 aromatic rings. The Labute approximate surface area is 197 Å². The average Bonchev–Trinajstić information content (AvgIpc) is 3.38. The number of sulfonamides is 1. The Morgan fingerprint density at radius 1 is 0.909 bits per heavy atom. The summed E-state index contributed by atoms with van der Waals surface area (Å²) in [5, 5.41) is 3.00. The zero-order valence-corrected chi connectivity index (χ0v) is 20.4. The van der Waals surface area contributed by atoms with Crippen molar-refractivity contribution in [2.45, 2.75) is 43.5 Å². The molecule has 178 valence electrons. The van der Waals surface area contributed by atoms with Gasteiger partial charge in [0.25, 0.3) is 5.91 Å². The summed E-state index contributed by atoms with van der Waals surface area (Å²) in [4.78, 5) is 17.7. The van der Waals surface area contributed by atoms with Crippen LogP contribution in [0, 0.1) is 0 Å². The zero-order valence-electron chi connectivity index (χ0n) is 19.6. The molecule has 0 radical (unpaired) electrons. The average molecular weight is 471 g/mol. The number of anilines is 2. The molecule has 0 bridgehead atoms. The van der Waals surface area contributed by atoms with Gasteiger partial charge in [0.15, 0.2) is 0 Å². The first-order chi connectivity index (χ1) is 15.9. The number of carbonyl (C=O) groups excluding carboxylic acids is 1. The number of hydrogen-bond donors (Lipinski definition) is 1. The highest BCUT2D eigenvalue weighted by Crippen LogP contribution is 2.29. The van der Waals surface area contributed by atoms with Gasteiger partial charge in [0.05, 0.1) is 10.5 Å². The maximum absolute atomic E-state index is 13.3. The minimum atomic E-state index is -3.61. The van der Waals surface area contributed by atoms with Gasteiger partial charge in [0.2, 0.25) is 10.0 Å². The maximum Gasteiger partial charge on any atom is 0.253 e. The number of carbonyl (C=O) groups is 1. The number of hydrogen-bond acceptors (Lipinski definition) is 5. The van der Waals surface area contributed by atoms with Crippen molar-refractivity contribution >= 4 is 27.3 Å². The lowest BCUT2D eigenvalue weighted by Crippen LogP contribution is -2.36. The van der Waals surface area contributed by atoms with Gasteiger partial charge in [-0.3, -0.25) is 4.79 Å². The number of nitrogens with one attached hydrogen (secondary N) is 1. The SMILES string of the molecule is CN(C)c1ccc(CNC(=O)c2cc(S(=O)(=O)N3CCCCC3)ccc2N2CCCC2)cc1. The fraction of sp³-hybridized carbons (Fsp3) is 0.480. The normalized spacial score (nSPS) is 17.2. The Bertz CT molecular complexity index is 1070. The molecule has 2 fully saturated rings. The summed E-state index contributed by atoms with van der Waals surface area (Å²) in [6, 6.07) is 13.1. The lowest BCUT2D eigenvalue weighted by atomic mass is 10.1. The van der Waals surface area contributed by atoms with Crippen molar-refractivity contribution in [3.8, 4) is 0 Å². The van der Waals surface area contributed by atoms with Gasteiger partial charge in [-0.05, 0) is 61.6 Å². The van der Waals surface area contributed by atoms with E-state index in [0.29, 0.717) is 25.2 Å². The molecule has 0 aromatic heterocycles. The molecule has 2 heterocycles. The van der Waals surface area contributed by atoms with Crippen LogP contribution in [0.5, 0.6) is 0 Å². The molecule has 2 saturated heterocycles. The summed E-state index contributed by atoms with van der Waals surface area (Å²) in [6.45, 7) is 3.23. The second-order valence-corrected chi connectivity index (χ2v) is 11.0. The highest BCUT2D eigenvalue weighted by atomic mass is 32.2. The third-order valence-electron chi connectivity index (χ3n) is 6.52. The van der Waals surface area contributed by atoms with E-state index in [4.69, 9.17) is 0 Å². The molecule has 0 aliphatic carbocycles. The second kappa shape index (κ2) is 10.1. The van der Waals surface area contributed by atoms with Crippen molar-refractivity contribution in [3.05, 3.63) is 53.6 Å². The minimum absolute atomic E-state index is 0.202. The summed E-state index contributed by atoms with van der Waals surface area (Å²) in [7, 11) is 0.367. The lowest BCUT2D eigenvalue weighted by Gasteiger charge is -2.27. The highest BCUT2D eigenvalue weighted by Gasteiger charge is 2.28. The third-order valence-corrected chi connectivity index (χ3v) is 8.41. The van der Waals surface area contributed by atoms with Gasteiger partial charge in [-0.25, -0.2) is 8.42 Å². The number of benzene rings is 2. The van der Waals surface area contributed by atoms with E-state index in [1.54, 1.807) is 16.4 Å². The monoisotopic (exact) mass is 470 g/mol. The predicted molar refractivity (Wildman–Crippen MR) is 132 cm³/mol. The van der Waals surface area contributed by atoms with Crippen LogP contribution in [0.2, 0.25) is 0 Å². The van der Waals surface area contributed by atoms with Crippen LogP contribution in [0.15, 0.2) is 47.4 Å². The summed E-state index contributed by atoms with van der Waals surface area (Å²) in [5.41, 5.74) is 3.33. The summed E-state index contributed by atoms with van der Waals surface area (Å²) >= 11 is 0. The molecule has 2 aliphatic heterocycles. The summed E-state index contributed by atoms with van der Waals surface area (Å²) in [5.74, 6) is -0.246. The molecule has 0 saturated carbocycles. The molecule has 8 heteroatoms. The van der Waals surface area contributed by atoms with Crippen LogP contribution in [-0.4, -0.2) is 58.9 Å². The van der Waals surface area contributed by atoms with Crippen LogP contribution in [-0.2, 0) is 16.6 Å². The van der Waals surface area contributed by atoms with Crippen molar-refractivity contribution in [2.24, 2.45) is 0 Å². The number of rotatable bonds is 7. The first kappa shape index (κ1) is 23.6. The third kappa shape index (κ3) is 5.33. The number of amides is 1. The molecule has 0 atom stereocenters. The van der Waals surface area contributed by atoms with Gasteiger partial charge >= 0.3 is 0 Å². The van der Waals surface area contributed by atoms with E-state index in [-0.39, 0.29) is 10.8 Å². The van der Waals surface area contributed by atoms with Crippen LogP contribution in [0.1, 0.15) is 48.0 Å². The number of piperidine rings is 1. The molecule has 7 nitrogen and oxygen atoms in total. The predicted octanol–water partition coefficient (Wildman–Crippen LogP) is 3.46. The first-order valence-electron chi connectivity index (χ1n) is 11.8. The molecule has 2 aliphatic rings. The van der Waals surface area contributed by atoms with Crippen LogP contribution >= 0.6 is 0 Å². The second-order valence-electron chi connectivity index (χ2n) is 9.08. The summed E-state index contributed by atoms with van der Waals surface area (Å²) in [6.07, 6.45) is 4.97. The molecule has 33 heavy (non-hydrogen) atoms. The summed E-state index contributed by atoms with van der Waals surface area (Å²) < 4.78 is 28.0. The smallest absolute Gasteiger partial charge is 0.253 e. The van der Waals surface area contributed by atoms with Crippen molar-refractivity contribution < 1.29 is 13.2 Å². The Hall–Kier alpha value is -2.58. The number of nitrogens with zero attached hydrogens (tertiary/aromatic N) is 3. The minimum Gasteiger partial charge on any atom is -0.378 e. The van der Waals surface area contributed by atoms with E-state index >= 15 is 0 Å². The maximum atomic E-state index is 13.3. The molecular weight excluding hydrogens is 436 g/mol. The molecule has 4 rings (SSSR count). The topological polar surface area (TPSA) is 73.0 Å². The van der Waals surface area contributed by atoms with E-state index in [9.17, 15) is 13.2 Å². The van der Waals surface area contributed by atoms with Gasteiger partial charge in [0.1, 0.15) is 0 Å². The Morgan fingerprint density at radius 2 is 1.55 bits per heavy atom. The van der Waals surface area contributed by atoms with Gasteiger partial charge in [-0.2, -0.15) is 4.31 Å². The van der Waals surface area contributed by atoms with E-state index in [1.165, 1.54) is 0 Å². The molecule has 0 spiro atoms. The van der Waals surface area contributed by atoms with Crippen molar-refractivity contribution in [2.75, 3.05) is 50.1 Å². The molecular formula is C25H34N4O3S. The largest absolute Gasteiger partial charge is 0.378 e. The Kier molecular flexibility index (Phi) is 7.24. The highest BCUT2D eigenvalue weighted by molar-refractivity contribution is 7.89. The van der Waals surface area contributed by atoms with E-state index in [1.807, 2.05) is 49.3 Å². The lowest BCUT2D eigenvalue weighted by molar-refractivity contribution is 0.0951. The Balaban J connectivity index is 1.58. The van der Waals surface area contributed by atoms with Gasteiger partial charge in [-0.1, -0.05) is 18.6 Å². The van der Waals surface area contributed by atoms with Crippen LogP contribution in [0.3, 0.4) is 0 Å². The Morgan fingerprint density at radius 3 is 2.18 bits per heavy atom. The zero-order chi connectivity index (χ0) is 23.4. The fourth-order valence-electron chi connectivity index (χ4n) is 4.54. The molecule has 2 aromatic carbocycles. The first-order valence-corrected chi connectivity index (χ1v) is 13.2. The van der Waals surface area contributed by atoms with Gasteiger partial charge < -0.3 is 15.1 Å². The van der Waals surface area contributed by atoms with Gasteiger partial charge in [-0.15, -0.1) is 0 Å². The molecule has 1 N–H and O–H groups in total. The van der Waals surface area contributed by atoms with Crippen molar-refractivity contribution in [1.29, 1.82) is 0 Å². The van der Waals surface area contributed by atoms with Crippen molar-refractivity contribution in [1.82, 2.24) is 9.62 Å².